The Morgan fingerprint density at radius 1 is 1.26 bits per heavy atom. The predicted molar refractivity (Wildman–Crippen MR) is 81.6 cm³/mol. The van der Waals surface area contributed by atoms with Crippen molar-refractivity contribution in [2.45, 2.75) is 56.9 Å². The summed E-state index contributed by atoms with van der Waals surface area (Å²) in [5, 5.41) is 10.5. The first-order valence-corrected chi connectivity index (χ1v) is 7.84. The number of aliphatic hydroxyl groups is 1. The van der Waals surface area contributed by atoms with Crippen LogP contribution in [0.25, 0.3) is 0 Å². The summed E-state index contributed by atoms with van der Waals surface area (Å²) >= 11 is 0. The number of benzene rings is 1. The summed E-state index contributed by atoms with van der Waals surface area (Å²) in [6, 6.07) is 9.81. The second-order valence-corrected chi connectivity index (χ2v) is 6.32. The highest BCUT2D eigenvalue weighted by Crippen LogP contribution is 2.34. The Bertz CT molecular complexity index is 505. The van der Waals surface area contributed by atoms with E-state index in [1.54, 1.807) is 0 Å². The van der Waals surface area contributed by atoms with Crippen molar-refractivity contribution in [2.24, 2.45) is 0 Å². The lowest BCUT2D eigenvalue weighted by Crippen LogP contribution is -2.65. The van der Waals surface area contributed by atoms with Gasteiger partial charge in [-0.1, -0.05) is 30.3 Å². The molecule has 0 amide bonds. The van der Waals surface area contributed by atoms with E-state index in [-0.39, 0.29) is 6.10 Å². The van der Waals surface area contributed by atoms with Gasteiger partial charge in [0.05, 0.1) is 13.2 Å². The normalized spacial score (nSPS) is 36.4. The maximum atomic E-state index is 10.5. The van der Waals surface area contributed by atoms with Crippen molar-refractivity contribution in [3.8, 4) is 0 Å². The van der Waals surface area contributed by atoms with E-state index in [4.69, 9.17) is 23.7 Å². The number of hydrogen-bond donors (Lipinski definition) is 1. The van der Waals surface area contributed by atoms with Gasteiger partial charge < -0.3 is 28.8 Å². The SMILES string of the molecule is CO[C@H]1O[C@@H]2COC(C)(C)O[C@H]2[C@H](OCc2ccccc2)[C@H]1O. The average Bonchev–Trinajstić information content (AvgIpc) is 2.54. The largest absolute Gasteiger partial charge is 0.385 e. The van der Waals surface area contributed by atoms with Gasteiger partial charge in [0, 0.05) is 7.11 Å². The van der Waals surface area contributed by atoms with Gasteiger partial charge in [0.2, 0.25) is 0 Å². The highest BCUT2D eigenvalue weighted by Gasteiger charge is 2.51. The summed E-state index contributed by atoms with van der Waals surface area (Å²) in [5.41, 5.74) is 1.03. The summed E-state index contributed by atoms with van der Waals surface area (Å²) in [5.74, 6) is -0.738. The molecule has 0 unspecified atom stereocenters. The molecule has 0 radical (unpaired) electrons. The zero-order valence-electron chi connectivity index (χ0n) is 13.7. The number of fused-ring (bicyclic) bond motifs is 1. The molecule has 2 saturated heterocycles. The minimum absolute atomic E-state index is 0.336. The average molecular weight is 324 g/mol. The lowest BCUT2D eigenvalue weighted by molar-refractivity contribution is -0.384. The van der Waals surface area contributed by atoms with Crippen LogP contribution >= 0.6 is 0 Å². The Hall–Kier alpha value is -1.02. The van der Waals surface area contributed by atoms with E-state index >= 15 is 0 Å². The molecule has 128 valence electrons. The molecule has 1 N–H and O–H groups in total. The minimum Gasteiger partial charge on any atom is -0.385 e. The lowest BCUT2D eigenvalue weighted by Gasteiger charge is -2.49. The van der Waals surface area contributed by atoms with E-state index in [0.29, 0.717) is 13.2 Å². The third-order valence-electron chi connectivity index (χ3n) is 4.15. The van der Waals surface area contributed by atoms with Crippen LogP contribution in [0, 0.1) is 0 Å². The Labute approximate surface area is 136 Å². The summed E-state index contributed by atoms with van der Waals surface area (Å²) in [6.45, 7) is 4.43. The van der Waals surface area contributed by atoms with Gasteiger partial charge in [-0.05, 0) is 19.4 Å². The van der Waals surface area contributed by atoms with E-state index in [1.165, 1.54) is 7.11 Å². The maximum absolute atomic E-state index is 10.5. The molecule has 2 fully saturated rings. The topological polar surface area (TPSA) is 66.4 Å². The predicted octanol–water partition coefficient (Wildman–Crippen LogP) is 1.46. The first-order chi connectivity index (χ1) is 11.0. The Morgan fingerprint density at radius 2 is 2.00 bits per heavy atom. The van der Waals surface area contributed by atoms with E-state index in [0.717, 1.165) is 5.56 Å². The fourth-order valence-electron chi connectivity index (χ4n) is 2.97. The summed E-state index contributed by atoms with van der Waals surface area (Å²) in [7, 11) is 1.50. The van der Waals surface area contributed by atoms with Crippen LogP contribution in [0.5, 0.6) is 0 Å². The summed E-state index contributed by atoms with van der Waals surface area (Å²) < 4.78 is 28.5. The lowest BCUT2D eigenvalue weighted by atomic mass is 9.97. The first kappa shape index (κ1) is 16.8. The summed E-state index contributed by atoms with van der Waals surface area (Å²) in [6.07, 6.45) is -2.99. The zero-order chi connectivity index (χ0) is 16.4. The van der Waals surface area contributed by atoms with Crippen molar-refractivity contribution in [1.29, 1.82) is 0 Å². The first-order valence-electron chi connectivity index (χ1n) is 7.84. The molecular weight excluding hydrogens is 300 g/mol. The van der Waals surface area contributed by atoms with Gasteiger partial charge in [-0.25, -0.2) is 0 Å². The molecule has 0 aromatic heterocycles. The number of ether oxygens (including phenoxy) is 5. The molecule has 5 atom stereocenters. The van der Waals surface area contributed by atoms with Crippen molar-refractivity contribution < 1.29 is 28.8 Å². The van der Waals surface area contributed by atoms with Crippen molar-refractivity contribution in [1.82, 2.24) is 0 Å². The van der Waals surface area contributed by atoms with Crippen LogP contribution in [0.15, 0.2) is 30.3 Å². The summed E-state index contributed by atoms with van der Waals surface area (Å²) in [4.78, 5) is 0. The number of hydrogen-bond acceptors (Lipinski definition) is 6. The molecule has 3 rings (SSSR count). The molecule has 2 aliphatic rings. The van der Waals surface area contributed by atoms with E-state index in [1.807, 2.05) is 44.2 Å². The second kappa shape index (κ2) is 6.84. The van der Waals surface area contributed by atoms with Gasteiger partial charge in [0.1, 0.15) is 24.4 Å². The molecule has 6 heteroatoms. The van der Waals surface area contributed by atoms with Crippen LogP contribution in [-0.4, -0.2) is 55.3 Å². The Morgan fingerprint density at radius 3 is 2.70 bits per heavy atom. The molecule has 0 spiro atoms. The monoisotopic (exact) mass is 324 g/mol. The van der Waals surface area contributed by atoms with Crippen LogP contribution in [0.4, 0.5) is 0 Å². The van der Waals surface area contributed by atoms with Gasteiger partial charge in [0.15, 0.2) is 12.1 Å². The third kappa shape index (κ3) is 3.74. The van der Waals surface area contributed by atoms with Gasteiger partial charge in [-0.15, -0.1) is 0 Å². The number of aliphatic hydroxyl groups excluding tert-OH is 1. The highest BCUT2D eigenvalue weighted by atomic mass is 16.8. The quantitative estimate of drug-likeness (QED) is 0.904. The molecular formula is C17H24O6. The fraction of sp³-hybridized carbons (Fsp3) is 0.647. The molecule has 23 heavy (non-hydrogen) atoms. The fourth-order valence-corrected chi connectivity index (χ4v) is 2.97. The minimum atomic E-state index is -0.932. The van der Waals surface area contributed by atoms with E-state index < -0.39 is 30.4 Å². The van der Waals surface area contributed by atoms with E-state index in [2.05, 4.69) is 0 Å². The highest BCUT2D eigenvalue weighted by molar-refractivity contribution is 5.13. The maximum Gasteiger partial charge on any atom is 0.186 e. The zero-order valence-corrected chi connectivity index (χ0v) is 13.7. The Kier molecular flexibility index (Phi) is 5.01. The number of methoxy groups -OCH3 is 1. The smallest absolute Gasteiger partial charge is 0.186 e. The van der Waals surface area contributed by atoms with Crippen LogP contribution < -0.4 is 0 Å². The van der Waals surface area contributed by atoms with Crippen LogP contribution in [0.1, 0.15) is 19.4 Å². The van der Waals surface area contributed by atoms with Gasteiger partial charge >= 0.3 is 0 Å². The van der Waals surface area contributed by atoms with E-state index in [9.17, 15) is 5.11 Å². The van der Waals surface area contributed by atoms with Crippen LogP contribution in [0.3, 0.4) is 0 Å². The molecule has 1 aromatic carbocycles. The second-order valence-electron chi connectivity index (χ2n) is 6.32. The molecule has 0 aliphatic carbocycles. The van der Waals surface area contributed by atoms with Gasteiger partial charge in [-0.3, -0.25) is 0 Å². The Balaban J connectivity index is 1.74. The molecule has 1 aromatic rings. The molecule has 6 nitrogen and oxygen atoms in total. The van der Waals surface area contributed by atoms with Crippen molar-refractivity contribution in [2.75, 3.05) is 13.7 Å². The number of rotatable bonds is 4. The molecule has 2 heterocycles. The van der Waals surface area contributed by atoms with Crippen molar-refractivity contribution in [3.63, 3.8) is 0 Å². The van der Waals surface area contributed by atoms with Gasteiger partial charge in [0.25, 0.3) is 0 Å². The van der Waals surface area contributed by atoms with Crippen LogP contribution in [-0.2, 0) is 30.3 Å². The molecule has 2 aliphatic heterocycles. The van der Waals surface area contributed by atoms with Crippen LogP contribution in [0.2, 0.25) is 0 Å². The van der Waals surface area contributed by atoms with Gasteiger partial charge in [-0.2, -0.15) is 0 Å². The van der Waals surface area contributed by atoms with Crippen molar-refractivity contribution >= 4 is 0 Å². The molecule has 0 bridgehead atoms. The molecule has 0 saturated carbocycles. The standard InChI is InChI=1S/C17H24O6/c1-17(2)21-10-12-14(23-17)15(13(18)16(19-3)22-12)20-9-11-7-5-4-6-8-11/h4-8,12-16,18H,9-10H2,1-3H3/t12-,13-,14-,15-,16+/m1/s1. The third-order valence-corrected chi connectivity index (χ3v) is 4.15. The van der Waals surface area contributed by atoms with Crippen molar-refractivity contribution in [3.05, 3.63) is 35.9 Å².